The van der Waals surface area contributed by atoms with E-state index in [0.717, 1.165) is 18.7 Å². The van der Waals surface area contributed by atoms with E-state index in [4.69, 9.17) is 11.6 Å². The molecule has 1 aliphatic rings. The molecule has 1 aliphatic heterocycles. The summed E-state index contributed by atoms with van der Waals surface area (Å²) in [5.74, 6) is -0.125. The number of amides is 1. The van der Waals surface area contributed by atoms with Gasteiger partial charge < -0.3 is 10.2 Å². The van der Waals surface area contributed by atoms with Crippen LogP contribution in [0.1, 0.15) is 23.7 Å². The van der Waals surface area contributed by atoms with Crippen LogP contribution in [0.15, 0.2) is 18.2 Å². The largest absolute Gasteiger partial charge is 0.384 e. The highest BCUT2D eigenvalue weighted by atomic mass is 35.5. The van der Waals surface area contributed by atoms with Gasteiger partial charge in [-0.25, -0.2) is 8.42 Å². The van der Waals surface area contributed by atoms with Gasteiger partial charge in [-0.05, 0) is 24.6 Å². The quantitative estimate of drug-likeness (QED) is 0.917. The lowest BCUT2D eigenvalue weighted by Gasteiger charge is -2.27. The van der Waals surface area contributed by atoms with Crippen molar-refractivity contribution in [3.05, 3.63) is 28.8 Å². The first-order valence-corrected chi connectivity index (χ1v) is 9.16. The number of nitrogens with zero attached hydrogens (tertiary/aromatic N) is 1. The van der Waals surface area contributed by atoms with Crippen molar-refractivity contribution >= 4 is 33.0 Å². The van der Waals surface area contributed by atoms with Crippen LogP contribution in [0.5, 0.6) is 0 Å². The Labute approximate surface area is 130 Å². The second kappa shape index (κ2) is 6.66. The Balaban J connectivity index is 2.20. The third kappa shape index (κ3) is 4.11. The SMILES string of the molecule is CCCNc1ccc(Cl)cc1C(=O)N1CCS(=O)(=O)CC1. The first-order chi connectivity index (χ1) is 9.93. The van der Waals surface area contributed by atoms with E-state index in [1.54, 1.807) is 23.1 Å². The van der Waals surface area contributed by atoms with E-state index in [1.165, 1.54) is 0 Å². The minimum absolute atomic E-state index is 0.0248. The van der Waals surface area contributed by atoms with E-state index < -0.39 is 9.84 Å². The van der Waals surface area contributed by atoms with E-state index in [9.17, 15) is 13.2 Å². The zero-order valence-electron chi connectivity index (χ0n) is 11.9. The normalized spacial score (nSPS) is 17.5. The average Bonchev–Trinajstić information content (AvgIpc) is 2.45. The molecule has 1 N–H and O–H groups in total. The molecule has 21 heavy (non-hydrogen) atoms. The Kier molecular flexibility index (Phi) is 5.11. The maximum absolute atomic E-state index is 12.6. The molecule has 0 saturated carbocycles. The molecule has 1 aromatic carbocycles. The highest BCUT2D eigenvalue weighted by Crippen LogP contribution is 2.23. The van der Waals surface area contributed by atoms with Crippen LogP contribution in [-0.2, 0) is 9.84 Å². The van der Waals surface area contributed by atoms with Gasteiger partial charge in [0.25, 0.3) is 5.91 Å². The number of rotatable bonds is 4. The number of carbonyl (C=O) groups excluding carboxylic acids is 1. The van der Waals surface area contributed by atoms with Gasteiger partial charge in [-0.2, -0.15) is 0 Å². The minimum atomic E-state index is -3.00. The number of nitrogens with one attached hydrogen (secondary N) is 1. The molecule has 0 radical (unpaired) electrons. The number of hydrogen-bond donors (Lipinski definition) is 1. The molecule has 1 aromatic rings. The maximum atomic E-state index is 12.6. The molecule has 0 atom stereocenters. The highest BCUT2D eigenvalue weighted by Gasteiger charge is 2.27. The summed E-state index contributed by atoms with van der Waals surface area (Å²) in [6.07, 6.45) is 0.943. The maximum Gasteiger partial charge on any atom is 0.256 e. The molecule has 1 saturated heterocycles. The summed E-state index contributed by atoms with van der Waals surface area (Å²) >= 11 is 5.98. The Morgan fingerprint density at radius 3 is 2.62 bits per heavy atom. The number of halogens is 1. The van der Waals surface area contributed by atoms with E-state index in [2.05, 4.69) is 5.32 Å². The summed E-state index contributed by atoms with van der Waals surface area (Å²) in [6.45, 7) is 3.28. The van der Waals surface area contributed by atoms with E-state index in [0.29, 0.717) is 10.6 Å². The van der Waals surface area contributed by atoms with Crippen LogP contribution in [0.4, 0.5) is 5.69 Å². The highest BCUT2D eigenvalue weighted by molar-refractivity contribution is 7.91. The monoisotopic (exact) mass is 330 g/mol. The van der Waals surface area contributed by atoms with Crippen molar-refractivity contribution in [3.8, 4) is 0 Å². The number of hydrogen-bond acceptors (Lipinski definition) is 4. The van der Waals surface area contributed by atoms with Gasteiger partial charge in [0.05, 0.1) is 17.1 Å². The first kappa shape index (κ1) is 16.1. The zero-order chi connectivity index (χ0) is 15.5. The fourth-order valence-corrected chi connectivity index (χ4v) is 3.57. The Bertz CT molecular complexity index is 617. The molecule has 0 aromatic heterocycles. The van der Waals surface area contributed by atoms with Crippen molar-refractivity contribution in [1.82, 2.24) is 4.90 Å². The lowest BCUT2D eigenvalue weighted by Crippen LogP contribution is -2.43. The first-order valence-electron chi connectivity index (χ1n) is 6.96. The summed E-state index contributed by atoms with van der Waals surface area (Å²) in [7, 11) is -3.00. The van der Waals surface area contributed by atoms with Gasteiger partial charge in [0.15, 0.2) is 9.84 Å². The smallest absolute Gasteiger partial charge is 0.256 e. The molecule has 0 unspecified atom stereocenters. The number of carbonyl (C=O) groups is 1. The lowest BCUT2D eigenvalue weighted by atomic mass is 10.1. The molecule has 1 amide bonds. The summed E-state index contributed by atoms with van der Waals surface area (Å²) in [6, 6.07) is 5.15. The van der Waals surface area contributed by atoms with Crippen LogP contribution in [0.2, 0.25) is 5.02 Å². The Hall–Kier alpha value is -1.27. The van der Waals surface area contributed by atoms with E-state index >= 15 is 0 Å². The van der Waals surface area contributed by atoms with Crippen LogP contribution in [0, 0.1) is 0 Å². The lowest BCUT2D eigenvalue weighted by molar-refractivity contribution is 0.0771. The van der Waals surface area contributed by atoms with Crippen LogP contribution in [0.3, 0.4) is 0 Å². The molecule has 7 heteroatoms. The van der Waals surface area contributed by atoms with Gasteiger partial charge in [-0.15, -0.1) is 0 Å². The fourth-order valence-electron chi connectivity index (χ4n) is 2.19. The standard InChI is InChI=1S/C14H19ClN2O3S/c1-2-5-16-13-4-3-11(15)10-12(13)14(18)17-6-8-21(19,20)9-7-17/h3-4,10,16H,2,5-9H2,1H3. The number of sulfone groups is 1. The summed E-state index contributed by atoms with van der Waals surface area (Å²) in [5.41, 5.74) is 1.23. The number of anilines is 1. The van der Waals surface area contributed by atoms with Crippen LogP contribution >= 0.6 is 11.6 Å². The van der Waals surface area contributed by atoms with Crippen LogP contribution < -0.4 is 5.32 Å². The van der Waals surface area contributed by atoms with Gasteiger partial charge in [0.1, 0.15) is 0 Å². The van der Waals surface area contributed by atoms with Gasteiger partial charge in [-0.1, -0.05) is 18.5 Å². The van der Waals surface area contributed by atoms with E-state index in [1.807, 2.05) is 6.92 Å². The van der Waals surface area contributed by atoms with E-state index in [-0.39, 0.29) is 30.5 Å². The summed E-state index contributed by atoms with van der Waals surface area (Å²) < 4.78 is 22.9. The van der Waals surface area contributed by atoms with Crippen molar-refractivity contribution in [1.29, 1.82) is 0 Å². The average molecular weight is 331 g/mol. The molecule has 1 fully saturated rings. The van der Waals surface area contributed by atoms with Gasteiger partial charge in [0.2, 0.25) is 0 Å². The topological polar surface area (TPSA) is 66.5 Å². The Morgan fingerprint density at radius 1 is 1.33 bits per heavy atom. The fraction of sp³-hybridized carbons (Fsp3) is 0.500. The molecule has 116 valence electrons. The molecule has 2 rings (SSSR count). The molecule has 0 bridgehead atoms. The van der Waals surface area contributed by atoms with Crippen molar-refractivity contribution in [2.45, 2.75) is 13.3 Å². The van der Waals surface area contributed by atoms with Gasteiger partial charge >= 0.3 is 0 Å². The molecular weight excluding hydrogens is 312 g/mol. The van der Waals surface area contributed by atoms with Gasteiger partial charge in [-0.3, -0.25) is 4.79 Å². The van der Waals surface area contributed by atoms with Crippen molar-refractivity contribution in [3.63, 3.8) is 0 Å². The zero-order valence-corrected chi connectivity index (χ0v) is 13.5. The number of benzene rings is 1. The molecule has 0 spiro atoms. The molecule has 0 aliphatic carbocycles. The molecule has 1 heterocycles. The summed E-state index contributed by atoms with van der Waals surface area (Å²) in [4.78, 5) is 14.2. The Morgan fingerprint density at radius 2 is 2.00 bits per heavy atom. The minimum Gasteiger partial charge on any atom is -0.384 e. The predicted octanol–water partition coefficient (Wildman–Crippen LogP) is 2.03. The van der Waals surface area contributed by atoms with Crippen molar-refractivity contribution in [2.75, 3.05) is 36.5 Å². The third-order valence-corrected chi connectivity index (χ3v) is 5.25. The van der Waals surface area contributed by atoms with Crippen LogP contribution in [-0.4, -0.2) is 50.4 Å². The second-order valence-electron chi connectivity index (χ2n) is 5.06. The molecular formula is C14H19ClN2O3S. The van der Waals surface area contributed by atoms with Crippen molar-refractivity contribution < 1.29 is 13.2 Å². The second-order valence-corrected chi connectivity index (χ2v) is 7.80. The summed E-state index contributed by atoms with van der Waals surface area (Å²) in [5, 5.41) is 3.69. The van der Waals surface area contributed by atoms with Crippen LogP contribution in [0.25, 0.3) is 0 Å². The van der Waals surface area contributed by atoms with Gasteiger partial charge in [0, 0.05) is 30.3 Å². The van der Waals surface area contributed by atoms with Crippen molar-refractivity contribution in [2.24, 2.45) is 0 Å². The third-order valence-electron chi connectivity index (χ3n) is 3.41. The molecule has 5 nitrogen and oxygen atoms in total. The predicted molar refractivity (Wildman–Crippen MR) is 84.8 cm³/mol.